The Hall–Kier alpha value is -1.88. The largest absolute Gasteiger partial charge is 0.339 e. The standard InChI is InChI=1S/C19H27N3O2/c1-20(2)11-7-3-4-10-18(23)21-12-13-22-17(14-21)15-8-5-6-9-16(15)19(22)24/h5-6,8-9,17H,3-4,7,10-14H2,1-2H3. The highest BCUT2D eigenvalue weighted by Gasteiger charge is 2.40. The minimum absolute atomic E-state index is 0.0418. The molecule has 5 nitrogen and oxygen atoms in total. The second kappa shape index (κ2) is 7.34. The Labute approximate surface area is 144 Å². The van der Waals surface area contributed by atoms with Crippen molar-refractivity contribution in [1.29, 1.82) is 0 Å². The van der Waals surface area contributed by atoms with E-state index in [0.29, 0.717) is 26.1 Å². The Balaban J connectivity index is 1.53. The summed E-state index contributed by atoms with van der Waals surface area (Å²) in [5, 5.41) is 0. The van der Waals surface area contributed by atoms with E-state index in [9.17, 15) is 9.59 Å². The Bertz CT molecular complexity index is 614. The fourth-order valence-electron chi connectivity index (χ4n) is 3.69. The summed E-state index contributed by atoms with van der Waals surface area (Å²) < 4.78 is 0. The van der Waals surface area contributed by atoms with Crippen molar-refractivity contribution >= 4 is 11.8 Å². The molecule has 1 fully saturated rings. The van der Waals surface area contributed by atoms with E-state index in [1.54, 1.807) is 0 Å². The zero-order valence-corrected chi connectivity index (χ0v) is 14.7. The lowest BCUT2D eigenvalue weighted by Crippen LogP contribution is -2.49. The lowest BCUT2D eigenvalue weighted by Gasteiger charge is -2.38. The molecule has 1 aromatic carbocycles. The van der Waals surface area contributed by atoms with Gasteiger partial charge in [-0.2, -0.15) is 0 Å². The highest BCUT2D eigenvalue weighted by atomic mass is 16.2. The molecule has 2 aliphatic rings. The third kappa shape index (κ3) is 3.46. The lowest BCUT2D eigenvalue weighted by atomic mass is 10.0. The summed E-state index contributed by atoms with van der Waals surface area (Å²) in [6.07, 6.45) is 3.80. The van der Waals surface area contributed by atoms with Crippen LogP contribution in [0.5, 0.6) is 0 Å². The van der Waals surface area contributed by atoms with Gasteiger partial charge in [-0.05, 0) is 45.1 Å². The molecule has 0 bridgehead atoms. The summed E-state index contributed by atoms with van der Waals surface area (Å²) >= 11 is 0. The van der Waals surface area contributed by atoms with E-state index in [1.165, 1.54) is 0 Å². The molecule has 130 valence electrons. The van der Waals surface area contributed by atoms with Crippen LogP contribution < -0.4 is 0 Å². The maximum atomic E-state index is 12.5. The molecular weight excluding hydrogens is 302 g/mol. The number of rotatable bonds is 6. The number of carbonyl (C=O) groups is 2. The molecule has 0 spiro atoms. The van der Waals surface area contributed by atoms with E-state index < -0.39 is 0 Å². The van der Waals surface area contributed by atoms with Crippen LogP contribution in [0, 0.1) is 0 Å². The zero-order chi connectivity index (χ0) is 17.1. The van der Waals surface area contributed by atoms with E-state index in [2.05, 4.69) is 19.0 Å². The van der Waals surface area contributed by atoms with Crippen molar-refractivity contribution < 1.29 is 9.59 Å². The second-order valence-corrected chi connectivity index (χ2v) is 7.06. The SMILES string of the molecule is CN(C)CCCCCC(=O)N1CCN2C(=O)c3ccccc3C2C1. The first kappa shape index (κ1) is 17.0. The zero-order valence-electron chi connectivity index (χ0n) is 14.7. The molecule has 1 atom stereocenters. The molecule has 2 heterocycles. The van der Waals surface area contributed by atoms with Crippen LogP contribution in [0.1, 0.15) is 47.6 Å². The quantitative estimate of drug-likeness (QED) is 0.751. The molecule has 0 N–H and O–H groups in total. The predicted octanol–water partition coefficient (Wildman–Crippen LogP) is 2.15. The summed E-state index contributed by atoms with van der Waals surface area (Å²) in [6.45, 7) is 3.02. The van der Waals surface area contributed by atoms with Crippen LogP contribution in [0.2, 0.25) is 0 Å². The van der Waals surface area contributed by atoms with Gasteiger partial charge in [-0.15, -0.1) is 0 Å². The average Bonchev–Trinajstić information content (AvgIpc) is 2.87. The first-order chi connectivity index (χ1) is 11.6. The number of benzene rings is 1. The van der Waals surface area contributed by atoms with Gasteiger partial charge >= 0.3 is 0 Å². The monoisotopic (exact) mass is 329 g/mol. The number of piperazine rings is 1. The van der Waals surface area contributed by atoms with Gasteiger partial charge in [-0.3, -0.25) is 9.59 Å². The van der Waals surface area contributed by atoms with Crippen LogP contribution in [0.25, 0.3) is 0 Å². The van der Waals surface area contributed by atoms with Gasteiger partial charge in [-0.25, -0.2) is 0 Å². The Morgan fingerprint density at radius 1 is 1.17 bits per heavy atom. The van der Waals surface area contributed by atoms with Gasteiger partial charge in [0.2, 0.25) is 5.91 Å². The van der Waals surface area contributed by atoms with Crippen molar-refractivity contribution in [1.82, 2.24) is 14.7 Å². The van der Waals surface area contributed by atoms with E-state index >= 15 is 0 Å². The van der Waals surface area contributed by atoms with Crippen LogP contribution in [-0.4, -0.2) is 66.8 Å². The molecule has 1 aromatic rings. The summed E-state index contributed by atoms with van der Waals surface area (Å²) in [5.74, 6) is 0.350. The van der Waals surface area contributed by atoms with Gasteiger partial charge in [0.05, 0.1) is 6.04 Å². The van der Waals surface area contributed by atoms with Crippen LogP contribution in [0.4, 0.5) is 0 Å². The lowest BCUT2D eigenvalue weighted by molar-refractivity contribution is -0.133. The highest BCUT2D eigenvalue weighted by molar-refractivity contribution is 5.99. The maximum Gasteiger partial charge on any atom is 0.254 e. The van der Waals surface area contributed by atoms with Gasteiger partial charge in [0.15, 0.2) is 0 Å². The molecule has 2 aliphatic heterocycles. The molecule has 2 amide bonds. The van der Waals surface area contributed by atoms with E-state index in [0.717, 1.165) is 36.9 Å². The molecule has 0 radical (unpaired) electrons. The second-order valence-electron chi connectivity index (χ2n) is 7.06. The number of carbonyl (C=O) groups excluding carboxylic acids is 2. The van der Waals surface area contributed by atoms with Gasteiger partial charge in [0.1, 0.15) is 0 Å². The summed E-state index contributed by atoms with van der Waals surface area (Å²) in [5.41, 5.74) is 1.88. The van der Waals surface area contributed by atoms with Gasteiger partial charge in [0.25, 0.3) is 5.91 Å². The van der Waals surface area contributed by atoms with Crippen molar-refractivity contribution in [2.24, 2.45) is 0 Å². The number of fused-ring (bicyclic) bond motifs is 3. The third-order valence-electron chi connectivity index (χ3n) is 5.04. The predicted molar refractivity (Wildman–Crippen MR) is 93.8 cm³/mol. The van der Waals surface area contributed by atoms with Crippen molar-refractivity contribution in [2.45, 2.75) is 31.7 Å². The van der Waals surface area contributed by atoms with E-state index in [4.69, 9.17) is 0 Å². The smallest absolute Gasteiger partial charge is 0.254 e. The van der Waals surface area contributed by atoms with Crippen molar-refractivity contribution in [3.05, 3.63) is 35.4 Å². The molecule has 0 aromatic heterocycles. The number of hydrogen-bond acceptors (Lipinski definition) is 3. The summed E-state index contributed by atoms with van der Waals surface area (Å²) in [4.78, 5) is 31.0. The van der Waals surface area contributed by atoms with Crippen LogP contribution in [-0.2, 0) is 4.79 Å². The fourth-order valence-corrected chi connectivity index (χ4v) is 3.69. The van der Waals surface area contributed by atoms with Crippen LogP contribution in [0.15, 0.2) is 24.3 Å². The molecule has 1 unspecified atom stereocenters. The normalized spacial score (nSPS) is 19.6. The third-order valence-corrected chi connectivity index (χ3v) is 5.04. The Morgan fingerprint density at radius 3 is 2.75 bits per heavy atom. The Morgan fingerprint density at radius 2 is 1.96 bits per heavy atom. The molecule has 0 saturated carbocycles. The summed E-state index contributed by atoms with van der Waals surface area (Å²) in [6, 6.07) is 7.84. The molecule has 3 rings (SSSR count). The molecule has 24 heavy (non-hydrogen) atoms. The van der Waals surface area contributed by atoms with Crippen molar-refractivity contribution in [2.75, 3.05) is 40.3 Å². The molecular formula is C19H27N3O2. The summed E-state index contributed by atoms with van der Waals surface area (Å²) in [7, 11) is 4.15. The number of hydrogen-bond donors (Lipinski definition) is 0. The number of amides is 2. The van der Waals surface area contributed by atoms with Crippen molar-refractivity contribution in [3.63, 3.8) is 0 Å². The molecule has 5 heteroatoms. The minimum atomic E-state index is 0.0418. The van der Waals surface area contributed by atoms with Crippen LogP contribution >= 0.6 is 0 Å². The number of nitrogens with zero attached hydrogens (tertiary/aromatic N) is 3. The molecule has 0 aliphatic carbocycles. The molecule has 1 saturated heterocycles. The van der Waals surface area contributed by atoms with E-state index in [-0.39, 0.29) is 17.9 Å². The topological polar surface area (TPSA) is 43.9 Å². The van der Waals surface area contributed by atoms with Crippen LogP contribution in [0.3, 0.4) is 0 Å². The maximum absolute atomic E-state index is 12.5. The minimum Gasteiger partial charge on any atom is -0.339 e. The van der Waals surface area contributed by atoms with Crippen molar-refractivity contribution in [3.8, 4) is 0 Å². The van der Waals surface area contributed by atoms with E-state index in [1.807, 2.05) is 34.1 Å². The van der Waals surface area contributed by atoms with Gasteiger partial charge in [-0.1, -0.05) is 24.6 Å². The van der Waals surface area contributed by atoms with Gasteiger partial charge < -0.3 is 14.7 Å². The first-order valence-corrected chi connectivity index (χ1v) is 8.90. The fraction of sp³-hybridized carbons (Fsp3) is 0.579. The first-order valence-electron chi connectivity index (χ1n) is 8.90. The number of unbranched alkanes of at least 4 members (excludes halogenated alkanes) is 2. The highest BCUT2D eigenvalue weighted by Crippen LogP contribution is 2.36. The Kier molecular flexibility index (Phi) is 5.19. The average molecular weight is 329 g/mol. The van der Waals surface area contributed by atoms with Gasteiger partial charge in [0, 0.05) is 31.6 Å².